The summed E-state index contributed by atoms with van der Waals surface area (Å²) in [5.41, 5.74) is 72.1. The first-order valence-electron chi connectivity index (χ1n) is 31.7. The van der Waals surface area contributed by atoms with Crippen LogP contribution in [-0.4, -0.2) is 245 Å². The fraction of sp³-hybridized carbons (Fsp3) is 0.691. The van der Waals surface area contributed by atoms with Crippen molar-refractivity contribution in [3.63, 3.8) is 0 Å². The fourth-order valence-electron chi connectivity index (χ4n) is 11.0. The number of amides is 9. The van der Waals surface area contributed by atoms with Crippen LogP contribution in [-0.2, 0) is 52.7 Å². The summed E-state index contributed by atoms with van der Waals surface area (Å²) in [5.74, 6) is -11.7. The van der Waals surface area contributed by atoms with Crippen LogP contribution in [0.2, 0.25) is 0 Å². The fourth-order valence-corrected chi connectivity index (χ4v) is 11.0. The molecule has 3 rings (SSSR count). The Morgan fingerprint density at radius 1 is 0.354 bits per heavy atom. The molecule has 0 bridgehead atoms. The molecule has 3 aliphatic heterocycles. The van der Waals surface area contributed by atoms with Crippen LogP contribution in [0.25, 0.3) is 0 Å². The van der Waals surface area contributed by atoms with E-state index in [0.29, 0.717) is 12.8 Å². The van der Waals surface area contributed by atoms with Gasteiger partial charge in [0.05, 0.1) is 12.5 Å². The second-order valence-corrected chi connectivity index (χ2v) is 23.2. The van der Waals surface area contributed by atoms with Crippen LogP contribution in [0.15, 0.2) is 30.0 Å². The number of carboxylic acids is 2. The molecule has 0 spiro atoms. The number of rotatable bonds is 42. The third-order valence-corrected chi connectivity index (χ3v) is 15.6. The molecule has 41 heteroatoms. The summed E-state index contributed by atoms with van der Waals surface area (Å²) in [5, 5.41) is 35.3. The van der Waals surface area contributed by atoms with Crippen LogP contribution < -0.4 is 106 Å². The highest BCUT2D eigenvalue weighted by Gasteiger charge is 2.44. The van der Waals surface area contributed by atoms with E-state index in [4.69, 9.17) is 74.5 Å². The van der Waals surface area contributed by atoms with E-state index in [2.05, 4.69) is 61.9 Å². The van der Waals surface area contributed by atoms with E-state index in [9.17, 15) is 63.0 Å². The number of hydrogen-bond donors (Lipinski definition) is 21. The Labute approximate surface area is 554 Å². The molecule has 41 nitrogen and oxygen atoms in total. The Morgan fingerprint density at radius 3 is 0.958 bits per heavy atom. The first kappa shape index (κ1) is 80.0. The minimum Gasteiger partial charge on any atom is -0.481 e. The zero-order valence-corrected chi connectivity index (χ0v) is 54.0. The van der Waals surface area contributed by atoms with Gasteiger partial charge in [-0.3, -0.25) is 77.9 Å². The highest BCUT2D eigenvalue weighted by Crippen LogP contribution is 2.25. The van der Waals surface area contributed by atoms with Gasteiger partial charge in [-0.1, -0.05) is 0 Å². The molecule has 34 N–H and O–H groups in total. The van der Waals surface area contributed by atoms with E-state index >= 15 is 0 Å². The minimum atomic E-state index is -1.87. The first-order chi connectivity index (χ1) is 45.4. The van der Waals surface area contributed by atoms with Gasteiger partial charge in [-0.15, -0.1) is 0 Å². The molecule has 3 aliphatic rings. The summed E-state index contributed by atoms with van der Waals surface area (Å²) in [6.07, 6.45) is 0.846. The molecular formula is C55H100N28O13. The summed E-state index contributed by atoms with van der Waals surface area (Å²) in [6.45, 7) is 0.440. The number of aliphatic imine (C=N–C) groups is 6. The van der Waals surface area contributed by atoms with Crippen molar-refractivity contribution >= 4 is 101 Å². The highest BCUT2D eigenvalue weighted by molar-refractivity contribution is 6.00. The van der Waals surface area contributed by atoms with Gasteiger partial charge in [0.25, 0.3) is 0 Å². The van der Waals surface area contributed by atoms with Gasteiger partial charge >= 0.3 is 11.9 Å². The standard InChI is InChI=1S/C55H100N28O13/c56-29(10-1-19-69-50(57)58)46(92)81-25-7-16-36(81)43(89)76-31(12-3-21-71-52(61)62)40(86)77-32(13-4-22-72-53(63)64)47(93)82-26-8-17-37(82)44(90)78-33(14-5-23-73-54(65)66)48(94)83-27-9-18-38(83)45(91)80-35(28-39(84)85)42(88)75-30(11-2-20-70-51(59)60)41(87)79-34(49(95)96)15-6-24-74-55(67)68/h29-38H,1-28,56H2,(H,75,88)(H,76,89)(H,77,86)(H,78,90)(H,79,87)(H,80,91)(H,84,85)(H,95,96)(H4,57,58,69)(H4,59,60,70)(H4,61,62,71)(H4,63,64,72)(H4,65,66,73)(H4,67,68,74)/t29-,30-,31-,32-,33-,34-,35-,36-,37-,38-/m0/s1. The molecular weight excluding hydrogens is 1260 g/mol. The van der Waals surface area contributed by atoms with Crippen molar-refractivity contribution in [2.24, 2.45) is 104 Å². The normalized spacial score (nSPS) is 17.8. The van der Waals surface area contributed by atoms with E-state index in [0.717, 1.165) is 4.90 Å². The van der Waals surface area contributed by atoms with Crippen molar-refractivity contribution in [3.8, 4) is 0 Å². The minimum absolute atomic E-state index is 0.00228. The Kier molecular flexibility index (Phi) is 34.5. The maximum Gasteiger partial charge on any atom is 0.326 e. The number of hydrogen-bond acceptors (Lipinski definition) is 18. The Hall–Kier alpha value is -10.2. The van der Waals surface area contributed by atoms with Crippen molar-refractivity contribution in [3.05, 3.63) is 0 Å². The largest absolute Gasteiger partial charge is 0.481 e. The lowest BCUT2D eigenvalue weighted by atomic mass is 10.0. The number of nitrogens with two attached hydrogens (primary N) is 13. The van der Waals surface area contributed by atoms with Crippen LogP contribution in [0.5, 0.6) is 0 Å². The Balaban J connectivity index is 1.93. The van der Waals surface area contributed by atoms with Crippen molar-refractivity contribution in [1.29, 1.82) is 0 Å². The monoisotopic (exact) mass is 1360 g/mol. The van der Waals surface area contributed by atoms with Gasteiger partial charge in [0.2, 0.25) is 53.2 Å². The van der Waals surface area contributed by atoms with Gasteiger partial charge in [0.15, 0.2) is 35.8 Å². The summed E-state index contributed by atoms with van der Waals surface area (Å²) in [6, 6.07) is -13.6. The molecule has 0 aliphatic carbocycles. The van der Waals surface area contributed by atoms with Crippen LogP contribution in [0, 0.1) is 0 Å². The predicted molar refractivity (Wildman–Crippen MR) is 353 cm³/mol. The third-order valence-electron chi connectivity index (χ3n) is 15.6. The molecule has 3 heterocycles. The van der Waals surface area contributed by atoms with Crippen LogP contribution in [0.4, 0.5) is 0 Å². The van der Waals surface area contributed by atoms with Gasteiger partial charge in [-0.2, -0.15) is 0 Å². The van der Waals surface area contributed by atoms with Gasteiger partial charge < -0.3 is 131 Å². The molecule has 3 saturated heterocycles. The van der Waals surface area contributed by atoms with Gasteiger partial charge in [0, 0.05) is 58.9 Å². The first-order valence-corrected chi connectivity index (χ1v) is 31.7. The topological polar surface area (TPSA) is 723 Å². The molecule has 96 heavy (non-hydrogen) atoms. The molecule has 538 valence electrons. The number of nitrogens with one attached hydrogen (secondary N) is 6. The van der Waals surface area contributed by atoms with Crippen molar-refractivity contribution in [1.82, 2.24) is 46.6 Å². The Bertz CT molecular complexity index is 2850. The lowest BCUT2D eigenvalue weighted by Crippen LogP contribution is -2.60. The molecule has 0 aromatic rings. The van der Waals surface area contributed by atoms with E-state index in [1.807, 2.05) is 0 Å². The molecule has 10 atom stereocenters. The quantitative estimate of drug-likeness (QED) is 0.0153. The number of aliphatic carboxylic acids is 2. The number of carbonyl (C=O) groups is 11. The molecule has 0 saturated carbocycles. The van der Waals surface area contributed by atoms with Gasteiger partial charge in [-0.05, 0) is 116 Å². The van der Waals surface area contributed by atoms with Crippen LogP contribution >= 0.6 is 0 Å². The summed E-state index contributed by atoms with van der Waals surface area (Å²) in [7, 11) is 0. The summed E-state index contributed by atoms with van der Waals surface area (Å²) >= 11 is 0. The Morgan fingerprint density at radius 2 is 0.615 bits per heavy atom. The van der Waals surface area contributed by atoms with Gasteiger partial charge in [0.1, 0.15) is 54.4 Å². The van der Waals surface area contributed by atoms with E-state index in [-0.39, 0.29) is 197 Å². The van der Waals surface area contributed by atoms with Crippen LogP contribution in [0.3, 0.4) is 0 Å². The summed E-state index contributed by atoms with van der Waals surface area (Å²) < 4.78 is 0. The van der Waals surface area contributed by atoms with Crippen LogP contribution in [0.1, 0.15) is 122 Å². The zero-order valence-electron chi connectivity index (χ0n) is 54.0. The maximum absolute atomic E-state index is 14.9. The number of nitrogens with zero attached hydrogens (tertiary/aromatic N) is 9. The van der Waals surface area contributed by atoms with Crippen molar-refractivity contribution in [2.45, 2.75) is 182 Å². The zero-order chi connectivity index (χ0) is 71.6. The van der Waals surface area contributed by atoms with E-state index in [1.54, 1.807) is 0 Å². The van der Waals surface area contributed by atoms with Crippen molar-refractivity contribution in [2.75, 3.05) is 58.9 Å². The lowest BCUT2D eigenvalue weighted by Gasteiger charge is -2.32. The molecule has 9 amide bonds. The number of carboxylic acid groups (broad SMARTS) is 2. The summed E-state index contributed by atoms with van der Waals surface area (Å²) in [4.78, 5) is 180. The van der Waals surface area contributed by atoms with E-state index < -0.39 is 132 Å². The lowest BCUT2D eigenvalue weighted by molar-refractivity contribution is -0.145. The predicted octanol–water partition coefficient (Wildman–Crippen LogP) is -9.92. The van der Waals surface area contributed by atoms with E-state index in [1.165, 1.54) is 9.80 Å². The second-order valence-electron chi connectivity index (χ2n) is 23.2. The molecule has 0 radical (unpaired) electrons. The number of guanidine groups is 6. The number of carbonyl (C=O) groups excluding carboxylic acids is 9. The maximum atomic E-state index is 14.9. The molecule has 3 fully saturated rings. The average Bonchev–Trinajstić information content (AvgIpc) is 1.67. The smallest absolute Gasteiger partial charge is 0.326 e. The van der Waals surface area contributed by atoms with Crippen molar-refractivity contribution < 1.29 is 63.0 Å². The highest BCUT2D eigenvalue weighted by atomic mass is 16.4. The third kappa shape index (κ3) is 28.5. The SMILES string of the molecule is NC(N)=NCCC[C@H](NC(=O)[C@H](CCCN=C(N)N)NC(=O)[C@H](CC(=O)O)NC(=O)[C@@H]1CCCN1C(=O)[C@H](CCCN=C(N)N)NC(=O)[C@@H]1CCCN1C(=O)[C@H](CCCN=C(N)N)NC(=O)[C@H](CCCN=C(N)N)NC(=O)[C@@H]1CCCN1C(=O)[C@@H](N)CCCN=C(N)N)C(=O)O. The number of likely N-dealkylation sites (tertiary alicyclic amines) is 3. The molecule has 0 unspecified atom stereocenters. The average molecular weight is 1360 g/mol. The molecule has 0 aromatic carbocycles. The van der Waals surface area contributed by atoms with Gasteiger partial charge in [-0.25, -0.2) is 4.79 Å². The second kappa shape index (κ2) is 41.5. The molecule has 0 aromatic heterocycles.